The zero-order valence-corrected chi connectivity index (χ0v) is 11.0. The number of amides is 1. The van der Waals surface area contributed by atoms with Gasteiger partial charge in [-0.25, -0.2) is 0 Å². The first kappa shape index (κ1) is 14.5. The smallest absolute Gasteiger partial charge is 0.220 e. The van der Waals surface area contributed by atoms with E-state index >= 15 is 0 Å². The van der Waals surface area contributed by atoms with Gasteiger partial charge in [-0.1, -0.05) is 38.5 Å². The Morgan fingerprint density at radius 3 is 2.29 bits per heavy atom. The molecule has 0 atom stereocenters. The van der Waals surface area contributed by atoms with Gasteiger partial charge in [0, 0.05) is 12.5 Å². The third-order valence-electron chi connectivity index (χ3n) is 3.58. The molecule has 0 heterocycles. The van der Waals surface area contributed by atoms with E-state index in [-0.39, 0.29) is 5.91 Å². The molecule has 0 aromatic rings. The van der Waals surface area contributed by atoms with Gasteiger partial charge in [0.15, 0.2) is 0 Å². The molecule has 0 spiro atoms. The maximum absolute atomic E-state index is 11.7. The van der Waals surface area contributed by atoms with E-state index in [0.29, 0.717) is 12.5 Å². The van der Waals surface area contributed by atoms with E-state index < -0.39 is 0 Å². The molecule has 0 unspecified atom stereocenters. The molecular weight excluding hydrogens is 212 g/mol. The summed E-state index contributed by atoms with van der Waals surface area (Å²) < 4.78 is 0. The third-order valence-corrected chi connectivity index (χ3v) is 3.58. The molecule has 1 aliphatic carbocycles. The molecule has 3 heteroatoms. The van der Waals surface area contributed by atoms with E-state index in [4.69, 9.17) is 5.73 Å². The van der Waals surface area contributed by atoms with Crippen LogP contribution in [0.3, 0.4) is 0 Å². The maximum Gasteiger partial charge on any atom is 0.220 e. The topological polar surface area (TPSA) is 55.1 Å². The number of nitrogens with two attached hydrogens (primary N) is 1. The number of hydrogen-bond acceptors (Lipinski definition) is 2. The molecule has 1 rings (SSSR count). The fourth-order valence-corrected chi connectivity index (χ4v) is 2.51. The molecule has 0 aromatic heterocycles. The maximum atomic E-state index is 11.7. The van der Waals surface area contributed by atoms with Crippen molar-refractivity contribution in [1.29, 1.82) is 0 Å². The molecule has 3 N–H and O–H groups in total. The Balaban J connectivity index is 2.10. The Morgan fingerprint density at radius 1 is 1.00 bits per heavy atom. The number of nitrogens with one attached hydrogen (secondary N) is 1. The summed E-state index contributed by atoms with van der Waals surface area (Å²) in [6.07, 6.45) is 12.7. The van der Waals surface area contributed by atoms with Crippen LogP contribution in [0.15, 0.2) is 0 Å². The van der Waals surface area contributed by atoms with Crippen LogP contribution in [0.1, 0.15) is 70.6 Å². The van der Waals surface area contributed by atoms with Gasteiger partial charge in [0.05, 0.1) is 0 Å². The van der Waals surface area contributed by atoms with Crippen molar-refractivity contribution in [2.45, 2.75) is 76.7 Å². The highest BCUT2D eigenvalue weighted by Crippen LogP contribution is 2.17. The molecule has 1 fully saturated rings. The standard InChI is InChI=1S/C14H28N2O/c15-12-8-4-7-11-14(17)16-13-9-5-2-1-3-6-10-13/h13H,1-12,15H2,(H,16,17). The molecule has 1 amide bonds. The van der Waals surface area contributed by atoms with Gasteiger partial charge in [-0.3, -0.25) is 4.79 Å². The molecule has 3 nitrogen and oxygen atoms in total. The van der Waals surface area contributed by atoms with E-state index in [1.807, 2.05) is 0 Å². The molecular formula is C14H28N2O. The van der Waals surface area contributed by atoms with Crippen LogP contribution in [0.25, 0.3) is 0 Å². The SMILES string of the molecule is NCCCCCC(=O)NC1CCCCCCC1. The van der Waals surface area contributed by atoms with Crippen LogP contribution in [-0.4, -0.2) is 18.5 Å². The number of carbonyl (C=O) groups excluding carboxylic acids is 1. The van der Waals surface area contributed by atoms with Gasteiger partial charge in [0.2, 0.25) is 5.91 Å². The summed E-state index contributed by atoms with van der Waals surface area (Å²) in [7, 11) is 0. The normalized spacial score (nSPS) is 18.4. The van der Waals surface area contributed by atoms with Crippen molar-refractivity contribution in [3.05, 3.63) is 0 Å². The zero-order valence-electron chi connectivity index (χ0n) is 11.0. The van der Waals surface area contributed by atoms with Crippen molar-refractivity contribution in [3.63, 3.8) is 0 Å². The number of hydrogen-bond donors (Lipinski definition) is 2. The van der Waals surface area contributed by atoms with E-state index in [1.54, 1.807) is 0 Å². The Morgan fingerprint density at radius 2 is 1.65 bits per heavy atom. The van der Waals surface area contributed by atoms with E-state index in [1.165, 1.54) is 44.9 Å². The highest BCUT2D eigenvalue weighted by molar-refractivity contribution is 5.76. The van der Waals surface area contributed by atoms with Crippen LogP contribution in [0.5, 0.6) is 0 Å². The van der Waals surface area contributed by atoms with Gasteiger partial charge in [-0.05, 0) is 32.2 Å². The molecule has 0 aliphatic heterocycles. The second-order valence-corrected chi connectivity index (χ2v) is 5.21. The average Bonchev–Trinajstić information content (AvgIpc) is 2.28. The summed E-state index contributed by atoms with van der Waals surface area (Å²) in [5.41, 5.74) is 5.43. The molecule has 1 aliphatic rings. The molecule has 100 valence electrons. The van der Waals surface area contributed by atoms with Crippen LogP contribution in [0, 0.1) is 0 Å². The first-order valence-electron chi connectivity index (χ1n) is 7.32. The van der Waals surface area contributed by atoms with E-state index in [2.05, 4.69) is 5.32 Å². The van der Waals surface area contributed by atoms with Crippen molar-refractivity contribution in [3.8, 4) is 0 Å². The lowest BCUT2D eigenvalue weighted by Crippen LogP contribution is -2.35. The van der Waals surface area contributed by atoms with Crippen molar-refractivity contribution in [2.75, 3.05) is 6.54 Å². The minimum atomic E-state index is 0.243. The average molecular weight is 240 g/mol. The number of carbonyl (C=O) groups is 1. The summed E-state index contributed by atoms with van der Waals surface area (Å²) >= 11 is 0. The van der Waals surface area contributed by atoms with Gasteiger partial charge in [-0.2, -0.15) is 0 Å². The van der Waals surface area contributed by atoms with Crippen LogP contribution in [-0.2, 0) is 4.79 Å². The molecule has 0 aromatic carbocycles. The molecule has 0 saturated heterocycles. The predicted octanol–water partition coefficient (Wildman–Crippen LogP) is 2.73. The van der Waals surface area contributed by atoms with Gasteiger partial charge in [-0.15, -0.1) is 0 Å². The Kier molecular flexibility index (Phi) is 8.06. The summed E-state index contributed by atoms with van der Waals surface area (Å²) in [5.74, 6) is 0.243. The molecule has 0 bridgehead atoms. The lowest BCUT2D eigenvalue weighted by atomic mass is 9.96. The summed E-state index contributed by atoms with van der Waals surface area (Å²) in [6.45, 7) is 0.740. The fourth-order valence-electron chi connectivity index (χ4n) is 2.51. The lowest BCUT2D eigenvalue weighted by Gasteiger charge is -2.21. The van der Waals surface area contributed by atoms with E-state index in [0.717, 1.165) is 25.8 Å². The van der Waals surface area contributed by atoms with Crippen LogP contribution < -0.4 is 11.1 Å². The van der Waals surface area contributed by atoms with Gasteiger partial charge in [0.1, 0.15) is 0 Å². The summed E-state index contributed by atoms with van der Waals surface area (Å²) in [4.78, 5) is 11.7. The highest BCUT2D eigenvalue weighted by atomic mass is 16.1. The minimum absolute atomic E-state index is 0.243. The molecule has 1 saturated carbocycles. The second-order valence-electron chi connectivity index (χ2n) is 5.21. The van der Waals surface area contributed by atoms with Crippen molar-refractivity contribution < 1.29 is 4.79 Å². The Bertz CT molecular complexity index is 198. The first-order valence-corrected chi connectivity index (χ1v) is 7.32. The van der Waals surface area contributed by atoms with Crippen LogP contribution in [0.2, 0.25) is 0 Å². The Labute approximate surface area is 106 Å². The van der Waals surface area contributed by atoms with Gasteiger partial charge >= 0.3 is 0 Å². The highest BCUT2D eigenvalue weighted by Gasteiger charge is 2.13. The number of unbranched alkanes of at least 4 members (excludes halogenated alkanes) is 2. The largest absolute Gasteiger partial charge is 0.353 e. The predicted molar refractivity (Wildman–Crippen MR) is 71.8 cm³/mol. The van der Waals surface area contributed by atoms with Crippen LogP contribution >= 0.6 is 0 Å². The van der Waals surface area contributed by atoms with Crippen molar-refractivity contribution >= 4 is 5.91 Å². The summed E-state index contributed by atoms with van der Waals surface area (Å²) in [6, 6.07) is 0.442. The molecule has 0 radical (unpaired) electrons. The third kappa shape index (κ3) is 7.37. The Hall–Kier alpha value is -0.570. The molecule has 17 heavy (non-hydrogen) atoms. The first-order chi connectivity index (χ1) is 8.33. The fraction of sp³-hybridized carbons (Fsp3) is 0.929. The summed E-state index contributed by atoms with van der Waals surface area (Å²) in [5, 5.41) is 3.19. The second kappa shape index (κ2) is 9.46. The zero-order chi connectivity index (χ0) is 12.3. The van der Waals surface area contributed by atoms with Crippen molar-refractivity contribution in [1.82, 2.24) is 5.32 Å². The monoisotopic (exact) mass is 240 g/mol. The quantitative estimate of drug-likeness (QED) is 0.701. The number of rotatable bonds is 6. The minimum Gasteiger partial charge on any atom is -0.353 e. The van der Waals surface area contributed by atoms with Crippen LogP contribution in [0.4, 0.5) is 0 Å². The lowest BCUT2D eigenvalue weighted by molar-refractivity contribution is -0.122. The van der Waals surface area contributed by atoms with Crippen molar-refractivity contribution in [2.24, 2.45) is 5.73 Å². The van der Waals surface area contributed by atoms with Gasteiger partial charge < -0.3 is 11.1 Å². The van der Waals surface area contributed by atoms with Gasteiger partial charge in [0.25, 0.3) is 0 Å². The van der Waals surface area contributed by atoms with E-state index in [9.17, 15) is 4.79 Å².